The first-order valence-corrected chi connectivity index (χ1v) is 24.3. The number of aromatic nitrogens is 5. The molecule has 5 aliphatic rings. The lowest BCUT2D eigenvalue weighted by Crippen LogP contribution is -2.54. The Balaban J connectivity index is 0.711. The molecule has 1 saturated carbocycles. The smallest absolute Gasteiger partial charge is 0.284 e. The van der Waals surface area contributed by atoms with E-state index in [1.54, 1.807) is 18.3 Å². The second kappa shape index (κ2) is 18.9. The number of imide groups is 2. The standard InChI is InChI=1S/C44H51F2N11O10S/c1-52-35(58)13-12-33(43(52)62)57-42(61)29-6-3-7-31(36(29)44(57)63)47-15-4-17-66-18-5-19-68(64,65)53(2)41(60)25-8-10-26(11-9-25)56-23-32(37(51-56)38(45)46)49-40(59)30-21-48-55-16-14-34(50-39(30)55)54-22-28-20-27(54)24-67-28/h3,6-7,14,16,21,23,25-28,33,38,47H,4-5,8-13,15,17-20,22,24H2,1-2H3,(H,49,59)/t25-,26-,27-,28-,33?/m1/s1. The molecule has 68 heavy (non-hydrogen) atoms. The van der Waals surface area contributed by atoms with E-state index in [1.165, 1.54) is 41.8 Å². The van der Waals surface area contributed by atoms with Gasteiger partial charge in [0.1, 0.15) is 17.4 Å². The predicted molar refractivity (Wildman–Crippen MR) is 237 cm³/mol. The molecule has 6 amide bonds. The van der Waals surface area contributed by atoms with Gasteiger partial charge in [0.2, 0.25) is 21.8 Å². The van der Waals surface area contributed by atoms with E-state index in [0.29, 0.717) is 63.3 Å². The molecule has 3 atom stereocenters. The Morgan fingerprint density at radius 3 is 2.51 bits per heavy atom. The molecule has 0 radical (unpaired) electrons. The number of nitrogens with one attached hydrogen (secondary N) is 2. The number of likely N-dealkylation sites (tertiary alicyclic amines) is 1. The van der Waals surface area contributed by atoms with Gasteiger partial charge in [-0.15, -0.1) is 0 Å². The highest BCUT2D eigenvalue weighted by molar-refractivity contribution is 7.89. The number of amides is 6. The zero-order valence-electron chi connectivity index (χ0n) is 37.4. The van der Waals surface area contributed by atoms with Crippen molar-refractivity contribution in [2.75, 3.05) is 68.3 Å². The number of likely N-dealkylation sites (N-methyl/N-ethyl adjacent to an activating group) is 1. The van der Waals surface area contributed by atoms with Gasteiger partial charge in [0.15, 0.2) is 11.3 Å². The molecule has 1 aliphatic carbocycles. The van der Waals surface area contributed by atoms with Crippen LogP contribution in [0.3, 0.4) is 0 Å². The maximum Gasteiger partial charge on any atom is 0.284 e. The van der Waals surface area contributed by atoms with E-state index in [-0.39, 0.29) is 90.3 Å². The van der Waals surface area contributed by atoms with Crippen molar-refractivity contribution in [1.82, 2.24) is 38.5 Å². The van der Waals surface area contributed by atoms with Gasteiger partial charge in [-0.1, -0.05) is 6.07 Å². The molecule has 2 bridgehead atoms. The first kappa shape index (κ1) is 46.7. The third-order valence-electron chi connectivity index (χ3n) is 13.5. The fourth-order valence-electron chi connectivity index (χ4n) is 9.73. The lowest BCUT2D eigenvalue weighted by atomic mass is 9.85. The van der Waals surface area contributed by atoms with Crippen molar-refractivity contribution in [1.29, 1.82) is 0 Å². The first-order chi connectivity index (χ1) is 32.6. The molecule has 9 rings (SSSR count). The molecule has 21 nitrogen and oxygen atoms in total. The second-order valence-corrected chi connectivity index (χ2v) is 19.8. The maximum absolute atomic E-state index is 14.3. The van der Waals surface area contributed by atoms with Gasteiger partial charge in [-0.25, -0.2) is 31.0 Å². The summed E-state index contributed by atoms with van der Waals surface area (Å²) in [6.07, 6.45) is 4.39. The van der Waals surface area contributed by atoms with Crippen molar-refractivity contribution in [2.45, 2.75) is 88.4 Å². The predicted octanol–water partition coefficient (Wildman–Crippen LogP) is 3.27. The number of hydrogen-bond acceptors (Lipinski definition) is 15. The molecule has 7 heterocycles. The van der Waals surface area contributed by atoms with Crippen LogP contribution in [-0.2, 0) is 33.9 Å². The molecule has 3 saturated heterocycles. The monoisotopic (exact) mass is 963 g/mol. The van der Waals surface area contributed by atoms with Gasteiger partial charge in [0.25, 0.3) is 30.1 Å². The number of sulfonamides is 1. The van der Waals surface area contributed by atoms with Crippen molar-refractivity contribution >= 4 is 68.3 Å². The number of fused-ring (bicyclic) bond motifs is 4. The highest BCUT2D eigenvalue weighted by Crippen LogP contribution is 2.37. The zero-order chi connectivity index (χ0) is 48.0. The number of anilines is 3. The summed E-state index contributed by atoms with van der Waals surface area (Å²) in [5, 5.41) is 14.1. The highest BCUT2D eigenvalue weighted by atomic mass is 32.2. The van der Waals surface area contributed by atoms with Crippen molar-refractivity contribution in [3.05, 3.63) is 65.2 Å². The molecule has 1 aromatic carbocycles. The Morgan fingerprint density at radius 2 is 1.78 bits per heavy atom. The van der Waals surface area contributed by atoms with Crippen LogP contribution in [0, 0.1) is 5.92 Å². The number of benzene rings is 1. The normalized spacial score (nSPS) is 22.8. The number of nitrogens with zero attached hydrogens (tertiary/aromatic N) is 9. The van der Waals surface area contributed by atoms with Crippen LogP contribution in [0.1, 0.15) is 107 Å². The molecule has 2 N–H and O–H groups in total. The minimum absolute atomic E-state index is 0.0372. The molecule has 4 fully saturated rings. The van der Waals surface area contributed by atoms with Crippen LogP contribution in [0.5, 0.6) is 0 Å². The second-order valence-electron chi connectivity index (χ2n) is 17.7. The van der Waals surface area contributed by atoms with E-state index in [9.17, 15) is 46.0 Å². The van der Waals surface area contributed by atoms with E-state index < -0.39 is 63.6 Å². The summed E-state index contributed by atoms with van der Waals surface area (Å²) in [5.74, 6) is -3.71. The number of hydrogen-bond donors (Lipinski definition) is 2. The summed E-state index contributed by atoms with van der Waals surface area (Å²) in [5.41, 5.74) is 0.317. The Kier molecular flexibility index (Phi) is 13.0. The van der Waals surface area contributed by atoms with Crippen LogP contribution in [0.2, 0.25) is 0 Å². The topological polar surface area (TPSA) is 240 Å². The van der Waals surface area contributed by atoms with Crippen LogP contribution in [0.15, 0.2) is 42.9 Å². The van der Waals surface area contributed by atoms with E-state index in [4.69, 9.17) is 9.47 Å². The summed E-state index contributed by atoms with van der Waals surface area (Å²) in [6.45, 7) is 1.97. The molecule has 1 unspecified atom stereocenters. The van der Waals surface area contributed by atoms with Crippen molar-refractivity contribution in [2.24, 2.45) is 5.92 Å². The number of alkyl halides is 2. The summed E-state index contributed by atoms with van der Waals surface area (Å²) in [7, 11) is -1.43. The van der Waals surface area contributed by atoms with Gasteiger partial charge in [-0.3, -0.25) is 43.2 Å². The van der Waals surface area contributed by atoms with Crippen molar-refractivity contribution in [3.63, 3.8) is 0 Å². The number of carbonyl (C=O) groups excluding carboxylic acids is 6. The van der Waals surface area contributed by atoms with E-state index in [1.807, 2.05) is 6.07 Å². The zero-order valence-corrected chi connectivity index (χ0v) is 38.2. The first-order valence-electron chi connectivity index (χ1n) is 22.7. The molecular formula is C44H51F2N11O10S. The molecule has 4 aromatic rings. The number of piperidine rings is 1. The average Bonchev–Trinajstić information content (AvgIpc) is 4.19. The number of halogens is 2. The van der Waals surface area contributed by atoms with Gasteiger partial charge < -0.3 is 25.0 Å². The maximum atomic E-state index is 14.3. The van der Waals surface area contributed by atoms with Gasteiger partial charge in [0.05, 0.1) is 53.6 Å². The summed E-state index contributed by atoms with van der Waals surface area (Å²) in [6, 6.07) is 5.34. The van der Waals surface area contributed by atoms with E-state index in [2.05, 4.69) is 30.7 Å². The third kappa shape index (κ3) is 8.91. The molecular weight excluding hydrogens is 913 g/mol. The number of morpholine rings is 1. The van der Waals surface area contributed by atoms with Crippen molar-refractivity contribution in [3.8, 4) is 0 Å². The molecule has 4 aliphatic heterocycles. The lowest BCUT2D eigenvalue weighted by Gasteiger charge is -2.32. The molecule has 24 heteroatoms. The van der Waals surface area contributed by atoms with Gasteiger partial charge in [-0.2, -0.15) is 10.2 Å². The number of carbonyl (C=O) groups is 6. The quantitative estimate of drug-likeness (QED) is 0.114. The summed E-state index contributed by atoms with van der Waals surface area (Å²) < 4.78 is 69.8. The van der Waals surface area contributed by atoms with Crippen molar-refractivity contribution < 1.29 is 55.4 Å². The summed E-state index contributed by atoms with van der Waals surface area (Å²) >= 11 is 0. The Bertz CT molecular complexity index is 2780. The number of ether oxygens (including phenoxy) is 2. The minimum Gasteiger partial charge on any atom is -0.384 e. The Hall–Kier alpha value is -6.40. The highest BCUT2D eigenvalue weighted by Gasteiger charge is 2.47. The van der Waals surface area contributed by atoms with Crippen LogP contribution in [0.25, 0.3) is 5.65 Å². The SMILES string of the molecule is CN1C(=O)CCC(N2C(=O)c3cccc(NCCCOCCCS(=O)(=O)N(C)C(=O)[C@H]4CC[C@H](n5cc(NC(=O)c6cnn7ccc(N8C[C@H]9C[C@@H]8CO9)nc67)c(C(F)F)n5)CC4)c3C2=O)C1=O. The number of rotatable bonds is 17. The average molecular weight is 964 g/mol. The van der Waals surface area contributed by atoms with E-state index >= 15 is 0 Å². The van der Waals surface area contributed by atoms with E-state index in [0.717, 1.165) is 20.5 Å². The Labute approximate surface area is 389 Å². The molecule has 3 aromatic heterocycles. The van der Waals surface area contributed by atoms with Gasteiger partial charge >= 0.3 is 0 Å². The molecule has 362 valence electrons. The third-order valence-corrected chi connectivity index (χ3v) is 15.3. The van der Waals surface area contributed by atoms with Crippen LogP contribution >= 0.6 is 0 Å². The fourth-order valence-corrected chi connectivity index (χ4v) is 10.9. The lowest BCUT2D eigenvalue weighted by molar-refractivity contribution is -0.149. The van der Waals surface area contributed by atoms with Gasteiger partial charge in [-0.05, 0) is 69.6 Å². The van der Waals surface area contributed by atoms with Crippen LogP contribution in [-0.4, -0.2) is 153 Å². The fraction of sp³-hybridized carbons (Fsp3) is 0.523. The minimum atomic E-state index is -3.98. The largest absolute Gasteiger partial charge is 0.384 e. The Morgan fingerprint density at radius 1 is 1.00 bits per heavy atom. The van der Waals surface area contributed by atoms with Crippen LogP contribution in [0.4, 0.5) is 26.0 Å². The van der Waals surface area contributed by atoms with Gasteiger partial charge in [0, 0.05) is 70.8 Å². The van der Waals surface area contributed by atoms with Crippen LogP contribution < -0.4 is 15.5 Å². The molecule has 0 spiro atoms. The summed E-state index contributed by atoms with van der Waals surface area (Å²) in [4.78, 5) is 87.0.